The van der Waals surface area contributed by atoms with Gasteiger partial charge in [-0.05, 0) is 6.92 Å². The summed E-state index contributed by atoms with van der Waals surface area (Å²) < 4.78 is 7.42. The smallest absolute Gasteiger partial charge is 0.167 e. The first kappa shape index (κ1) is 10.4. The van der Waals surface area contributed by atoms with E-state index in [1.165, 1.54) is 6.33 Å². The van der Waals surface area contributed by atoms with Gasteiger partial charge in [-0.2, -0.15) is 0 Å². The first-order valence-electron chi connectivity index (χ1n) is 5.43. The van der Waals surface area contributed by atoms with Crippen LogP contribution in [-0.4, -0.2) is 36.8 Å². The zero-order valence-electron chi connectivity index (χ0n) is 9.32. The fourth-order valence-electron chi connectivity index (χ4n) is 2.05. The number of ether oxygens (including phenoxy) is 1. The van der Waals surface area contributed by atoms with E-state index in [0.29, 0.717) is 23.4 Å². The van der Waals surface area contributed by atoms with Crippen molar-refractivity contribution >= 4 is 17.0 Å². The Hall–Kier alpha value is -1.73. The van der Waals surface area contributed by atoms with Crippen molar-refractivity contribution in [2.75, 3.05) is 5.73 Å². The van der Waals surface area contributed by atoms with E-state index >= 15 is 0 Å². The van der Waals surface area contributed by atoms with E-state index in [4.69, 9.17) is 10.5 Å². The van der Waals surface area contributed by atoms with Crippen LogP contribution in [0.4, 0.5) is 5.82 Å². The van der Waals surface area contributed by atoms with Gasteiger partial charge in [-0.15, -0.1) is 0 Å². The molecule has 0 aliphatic carbocycles. The number of nitrogen functional groups attached to an aromatic ring is 1. The quantitative estimate of drug-likeness (QED) is 0.726. The van der Waals surface area contributed by atoms with Crippen LogP contribution in [0.25, 0.3) is 11.2 Å². The van der Waals surface area contributed by atoms with Crippen LogP contribution >= 0.6 is 0 Å². The van der Waals surface area contributed by atoms with E-state index in [-0.39, 0.29) is 12.3 Å². The highest BCUT2D eigenvalue weighted by Gasteiger charge is 2.32. The lowest BCUT2D eigenvalue weighted by atomic mass is 10.2. The molecule has 3 heterocycles. The van der Waals surface area contributed by atoms with Crippen LogP contribution in [0.5, 0.6) is 0 Å². The Morgan fingerprint density at radius 2 is 2.29 bits per heavy atom. The molecule has 1 aliphatic rings. The van der Waals surface area contributed by atoms with Gasteiger partial charge >= 0.3 is 0 Å². The van der Waals surface area contributed by atoms with Gasteiger partial charge in [0, 0.05) is 6.42 Å². The summed E-state index contributed by atoms with van der Waals surface area (Å²) in [4.78, 5) is 12.2. The summed E-state index contributed by atoms with van der Waals surface area (Å²) in [7, 11) is 0. The molecule has 17 heavy (non-hydrogen) atoms. The molecule has 0 unspecified atom stereocenters. The lowest BCUT2D eigenvalue weighted by Crippen LogP contribution is -2.15. The zero-order valence-corrected chi connectivity index (χ0v) is 9.32. The van der Waals surface area contributed by atoms with Crippen LogP contribution in [0.15, 0.2) is 12.7 Å². The minimum absolute atomic E-state index is 0.184. The normalized spacial score (nSPS) is 28.9. The van der Waals surface area contributed by atoms with Gasteiger partial charge in [-0.25, -0.2) is 15.0 Å². The predicted octanol–water partition coefficient (Wildman–Crippen LogP) is 0.0768. The summed E-state index contributed by atoms with van der Waals surface area (Å²) in [6.07, 6.45) is 2.64. The fourth-order valence-corrected chi connectivity index (χ4v) is 2.05. The maximum atomic E-state index is 9.68. The molecule has 7 heteroatoms. The Kier molecular flexibility index (Phi) is 2.23. The predicted molar refractivity (Wildman–Crippen MR) is 59.9 cm³/mol. The van der Waals surface area contributed by atoms with Gasteiger partial charge in [0.2, 0.25) is 0 Å². The Morgan fingerprint density at radius 3 is 3.00 bits per heavy atom. The molecule has 2 aromatic rings. The highest BCUT2D eigenvalue weighted by Crippen LogP contribution is 2.30. The third-order valence-corrected chi connectivity index (χ3v) is 3.05. The molecule has 0 saturated carbocycles. The molecule has 7 nitrogen and oxygen atoms in total. The van der Waals surface area contributed by atoms with E-state index in [1.807, 2.05) is 6.92 Å². The number of aliphatic hydroxyl groups excluding tert-OH is 1. The number of nitrogens with two attached hydrogens (primary N) is 1. The molecule has 90 valence electrons. The molecule has 0 amide bonds. The van der Waals surface area contributed by atoms with E-state index < -0.39 is 6.10 Å². The second-order valence-corrected chi connectivity index (χ2v) is 4.18. The van der Waals surface area contributed by atoms with Crippen molar-refractivity contribution < 1.29 is 9.84 Å². The molecule has 3 N–H and O–H groups in total. The van der Waals surface area contributed by atoms with Crippen molar-refractivity contribution in [2.45, 2.75) is 31.8 Å². The van der Waals surface area contributed by atoms with Crippen molar-refractivity contribution in [3.05, 3.63) is 12.7 Å². The summed E-state index contributed by atoms with van der Waals surface area (Å²) in [5.74, 6) is 0.348. The van der Waals surface area contributed by atoms with Crippen LogP contribution in [-0.2, 0) is 4.74 Å². The zero-order chi connectivity index (χ0) is 12.0. The second-order valence-electron chi connectivity index (χ2n) is 4.18. The van der Waals surface area contributed by atoms with Gasteiger partial charge in [-0.3, -0.25) is 4.57 Å². The number of hydrogen-bond acceptors (Lipinski definition) is 6. The van der Waals surface area contributed by atoms with Gasteiger partial charge in [0.15, 0.2) is 11.5 Å². The van der Waals surface area contributed by atoms with Gasteiger partial charge in [0.05, 0.1) is 18.5 Å². The number of aromatic nitrogens is 4. The number of imidazole rings is 1. The standard InChI is InChI=1S/C10H13N5O2/c1-5-6(16)2-7(17-5)15-4-14-8-9(11)12-3-13-10(8)15/h3-7,16H,2H2,1H3,(H2,11,12,13)/t5-,6-,7-/m1/s1. The molecule has 3 rings (SSSR count). The Balaban J connectivity index is 2.04. The molecule has 0 bridgehead atoms. The number of rotatable bonds is 1. The molecular weight excluding hydrogens is 222 g/mol. The number of nitrogens with zero attached hydrogens (tertiary/aromatic N) is 4. The second kappa shape index (κ2) is 3.64. The van der Waals surface area contributed by atoms with Gasteiger partial charge < -0.3 is 15.6 Å². The molecular formula is C10H13N5O2. The van der Waals surface area contributed by atoms with E-state index in [2.05, 4.69) is 15.0 Å². The van der Waals surface area contributed by atoms with Crippen LogP contribution in [0.3, 0.4) is 0 Å². The van der Waals surface area contributed by atoms with Crippen LogP contribution < -0.4 is 5.73 Å². The van der Waals surface area contributed by atoms with E-state index in [9.17, 15) is 5.11 Å². The summed E-state index contributed by atoms with van der Waals surface area (Å²) in [5, 5.41) is 9.68. The number of fused-ring (bicyclic) bond motifs is 1. The van der Waals surface area contributed by atoms with Crippen LogP contribution in [0, 0.1) is 0 Å². The lowest BCUT2D eigenvalue weighted by molar-refractivity contribution is -0.00632. The Morgan fingerprint density at radius 1 is 1.47 bits per heavy atom. The summed E-state index contributed by atoms with van der Waals surface area (Å²) >= 11 is 0. The van der Waals surface area contributed by atoms with Crippen molar-refractivity contribution in [3.8, 4) is 0 Å². The molecule has 0 spiro atoms. The molecule has 0 radical (unpaired) electrons. The van der Waals surface area contributed by atoms with Crippen molar-refractivity contribution in [2.24, 2.45) is 0 Å². The Bertz CT molecular complexity index is 545. The maximum Gasteiger partial charge on any atom is 0.167 e. The van der Waals surface area contributed by atoms with Gasteiger partial charge in [0.1, 0.15) is 18.1 Å². The van der Waals surface area contributed by atoms with Crippen molar-refractivity contribution in [1.82, 2.24) is 19.5 Å². The number of aliphatic hydroxyl groups is 1. The van der Waals surface area contributed by atoms with Crippen molar-refractivity contribution in [3.63, 3.8) is 0 Å². The summed E-state index contributed by atoms with van der Waals surface area (Å²) in [6, 6.07) is 0. The highest BCUT2D eigenvalue weighted by molar-refractivity contribution is 5.81. The Labute approximate surface area is 97.3 Å². The third kappa shape index (κ3) is 1.55. The molecule has 1 saturated heterocycles. The van der Waals surface area contributed by atoms with Crippen LogP contribution in [0.2, 0.25) is 0 Å². The SMILES string of the molecule is C[C@H]1O[C@@H](n2cnc3c(N)ncnc32)C[C@H]1O. The lowest BCUT2D eigenvalue weighted by Gasteiger charge is -2.12. The minimum atomic E-state index is -0.461. The van der Waals surface area contributed by atoms with Gasteiger partial charge in [0.25, 0.3) is 0 Å². The number of hydrogen-bond donors (Lipinski definition) is 2. The minimum Gasteiger partial charge on any atom is -0.390 e. The number of anilines is 1. The van der Waals surface area contributed by atoms with E-state index in [1.54, 1.807) is 10.9 Å². The molecule has 2 aromatic heterocycles. The molecule has 1 fully saturated rings. The molecule has 3 atom stereocenters. The summed E-state index contributed by atoms with van der Waals surface area (Å²) in [6.45, 7) is 1.84. The fraction of sp³-hybridized carbons (Fsp3) is 0.500. The molecule has 1 aliphatic heterocycles. The van der Waals surface area contributed by atoms with Crippen LogP contribution in [0.1, 0.15) is 19.6 Å². The largest absolute Gasteiger partial charge is 0.390 e. The highest BCUT2D eigenvalue weighted by atomic mass is 16.5. The third-order valence-electron chi connectivity index (χ3n) is 3.05. The monoisotopic (exact) mass is 235 g/mol. The maximum absolute atomic E-state index is 9.68. The molecule has 0 aromatic carbocycles. The van der Waals surface area contributed by atoms with Gasteiger partial charge in [-0.1, -0.05) is 0 Å². The first-order valence-corrected chi connectivity index (χ1v) is 5.43. The summed E-state index contributed by atoms with van der Waals surface area (Å²) in [5.41, 5.74) is 6.89. The topological polar surface area (TPSA) is 99.1 Å². The average molecular weight is 235 g/mol. The first-order chi connectivity index (χ1) is 8.16. The van der Waals surface area contributed by atoms with Crippen molar-refractivity contribution in [1.29, 1.82) is 0 Å². The van der Waals surface area contributed by atoms with E-state index in [0.717, 1.165) is 0 Å². The average Bonchev–Trinajstić information content (AvgIpc) is 2.85.